The van der Waals surface area contributed by atoms with Crippen molar-refractivity contribution < 1.29 is 0 Å². The van der Waals surface area contributed by atoms with E-state index in [0.29, 0.717) is 0 Å². The smallest absolute Gasteiger partial charge is 0.0468 e. The number of anilines is 6. The van der Waals surface area contributed by atoms with Crippen molar-refractivity contribution in [3.63, 3.8) is 0 Å². The Morgan fingerprint density at radius 1 is 0.122 bits per heavy atom. The van der Waals surface area contributed by atoms with E-state index in [2.05, 4.69) is 313 Å². The second kappa shape index (κ2) is 18.4. The average Bonchev–Trinajstić information content (AvgIpc) is 2.29. The Bertz CT molecular complexity index is 4600. The maximum atomic E-state index is 2.42. The predicted octanol–water partition coefficient (Wildman–Crippen LogP) is 22.5. The highest BCUT2D eigenvalue weighted by Crippen LogP contribution is 2.54. The van der Waals surface area contributed by atoms with E-state index in [1.165, 1.54) is 133 Å². The van der Waals surface area contributed by atoms with Gasteiger partial charge in [0.15, 0.2) is 0 Å². The Kier molecular flexibility index (Phi) is 10.3. The minimum atomic E-state index is 1.11. The van der Waals surface area contributed by atoms with Crippen LogP contribution in [0, 0.1) is 0 Å². The molecule has 0 saturated carbocycles. The Labute approximate surface area is 477 Å². The van der Waals surface area contributed by atoms with Crippen molar-refractivity contribution in [3.05, 3.63) is 303 Å². The van der Waals surface area contributed by atoms with E-state index >= 15 is 0 Å². The van der Waals surface area contributed by atoms with E-state index in [0.717, 1.165) is 34.1 Å². The van der Waals surface area contributed by atoms with Gasteiger partial charge in [-0.3, -0.25) is 0 Å². The lowest BCUT2D eigenvalue weighted by Crippen LogP contribution is -2.10. The maximum Gasteiger partial charge on any atom is 0.0468 e. The van der Waals surface area contributed by atoms with Crippen LogP contribution in [0.15, 0.2) is 303 Å². The van der Waals surface area contributed by atoms with E-state index in [1.54, 1.807) is 0 Å². The van der Waals surface area contributed by atoms with Crippen LogP contribution >= 0.6 is 0 Å². The first-order chi connectivity index (χ1) is 40.7. The van der Waals surface area contributed by atoms with Crippen LogP contribution in [0.5, 0.6) is 0 Å². The molecule has 0 fully saturated rings. The summed E-state index contributed by atoms with van der Waals surface area (Å²) in [5.41, 5.74) is 31.7. The average molecular weight is 1040 g/mol. The molecule has 14 aromatic carbocycles. The molecule has 2 heteroatoms. The van der Waals surface area contributed by atoms with Crippen LogP contribution in [-0.4, -0.2) is 0 Å². The molecule has 0 amide bonds. The second-order valence-electron chi connectivity index (χ2n) is 21.9. The van der Waals surface area contributed by atoms with Crippen LogP contribution in [-0.2, 0) is 0 Å². The molecular formula is C80H50N2. The van der Waals surface area contributed by atoms with Crippen molar-refractivity contribution in [2.45, 2.75) is 0 Å². The first-order valence-corrected chi connectivity index (χ1v) is 28.4. The zero-order valence-corrected chi connectivity index (χ0v) is 44.8. The van der Waals surface area contributed by atoms with E-state index in [1.807, 2.05) is 0 Å². The zero-order chi connectivity index (χ0) is 53.8. The summed E-state index contributed by atoms with van der Waals surface area (Å²) in [5.74, 6) is 0. The quantitative estimate of drug-likeness (QED) is 0.164. The number of benzene rings is 14. The summed E-state index contributed by atoms with van der Waals surface area (Å²) in [5, 5.41) is 4.87. The molecule has 82 heavy (non-hydrogen) atoms. The van der Waals surface area contributed by atoms with Gasteiger partial charge in [0.2, 0.25) is 0 Å². The summed E-state index contributed by atoms with van der Waals surface area (Å²) in [6.45, 7) is 0. The van der Waals surface area contributed by atoms with Crippen LogP contribution in [0.25, 0.3) is 133 Å². The number of nitrogens with zero attached hydrogens (tertiary/aromatic N) is 2. The molecule has 0 bridgehead atoms. The van der Waals surface area contributed by atoms with Crippen molar-refractivity contribution in [3.8, 4) is 111 Å². The fourth-order valence-electron chi connectivity index (χ4n) is 13.7. The fraction of sp³-hybridized carbons (Fsp3) is 0. The maximum absolute atomic E-state index is 2.42. The lowest BCUT2D eigenvalue weighted by molar-refractivity contribution is 1.29. The molecule has 0 spiro atoms. The van der Waals surface area contributed by atoms with Crippen LogP contribution in [0.2, 0.25) is 0 Å². The fourth-order valence-corrected chi connectivity index (χ4v) is 13.7. The largest absolute Gasteiger partial charge is 0.310 e. The van der Waals surface area contributed by atoms with Crippen molar-refractivity contribution in [2.75, 3.05) is 9.80 Å². The monoisotopic (exact) mass is 1040 g/mol. The third-order valence-electron chi connectivity index (χ3n) is 17.5. The molecule has 17 rings (SSSR count). The molecule has 380 valence electrons. The van der Waals surface area contributed by atoms with Gasteiger partial charge in [-0.15, -0.1) is 0 Å². The lowest BCUT2D eigenvalue weighted by atomic mass is 9.78. The summed E-state index contributed by atoms with van der Waals surface area (Å²) in [4.78, 5) is 4.84. The van der Waals surface area contributed by atoms with Crippen molar-refractivity contribution in [2.24, 2.45) is 0 Å². The minimum absolute atomic E-state index is 1.11. The molecule has 14 aromatic rings. The second-order valence-corrected chi connectivity index (χ2v) is 21.9. The summed E-state index contributed by atoms with van der Waals surface area (Å²) in [6, 6.07) is 113. The Hall–Kier alpha value is -10.8. The minimum Gasteiger partial charge on any atom is -0.310 e. The van der Waals surface area contributed by atoms with Crippen LogP contribution in [0.1, 0.15) is 0 Å². The number of hydrogen-bond acceptors (Lipinski definition) is 2. The third kappa shape index (κ3) is 7.22. The summed E-state index contributed by atoms with van der Waals surface area (Å²) < 4.78 is 0. The third-order valence-corrected chi connectivity index (χ3v) is 17.5. The number of para-hydroxylation sites is 2. The summed E-state index contributed by atoms with van der Waals surface area (Å²) in [7, 11) is 0. The molecule has 3 aliphatic rings. The zero-order valence-electron chi connectivity index (χ0n) is 44.8. The highest BCUT2D eigenvalue weighted by atomic mass is 15.1. The molecule has 0 N–H and O–H groups in total. The molecule has 0 atom stereocenters. The number of rotatable bonds is 6. The number of hydrogen-bond donors (Lipinski definition) is 0. The first-order valence-electron chi connectivity index (χ1n) is 28.4. The topological polar surface area (TPSA) is 6.48 Å². The molecule has 3 aliphatic carbocycles. The van der Waals surface area contributed by atoms with Gasteiger partial charge < -0.3 is 9.80 Å². The van der Waals surface area contributed by atoms with Crippen molar-refractivity contribution >= 4 is 55.7 Å². The van der Waals surface area contributed by atoms with Gasteiger partial charge in [0.05, 0.1) is 0 Å². The molecule has 0 aliphatic heterocycles. The van der Waals surface area contributed by atoms with Crippen LogP contribution in [0.3, 0.4) is 0 Å². The van der Waals surface area contributed by atoms with Gasteiger partial charge in [0.25, 0.3) is 0 Å². The van der Waals surface area contributed by atoms with Crippen molar-refractivity contribution in [1.82, 2.24) is 0 Å². The highest BCUT2D eigenvalue weighted by Gasteiger charge is 2.28. The molecule has 0 heterocycles. The van der Waals surface area contributed by atoms with Gasteiger partial charge in [-0.2, -0.15) is 0 Å². The molecule has 0 unspecified atom stereocenters. The normalized spacial score (nSPS) is 11.9. The summed E-state index contributed by atoms with van der Waals surface area (Å²) in [6.07, 6.45) is 0. The molecule has 0 saturated heterocycles. The van der Waals surface area contributed by atoms with Gasteiger partial charge in [-0.25, -0.2) is 0 Å². The first kappa shape index (κ1) is 46.1. The van der Waals surface area contributed by atoms with Crippen LogP contribution in [0.4, 0.5) is 34.1 Å². The highest BCUT2D eigenvalue weighted by molar-refractivity contribution is 6.13. The van der Waals surface area contributed by atoms with Gasteiger partial charge in [-0.1, -0.05) is 206 Å². The standard InChI is InChI=1S/C80H50N2/c1-3-19-55(20-4-1)81(59-39-41-73-69-31-13-11-27-65(69)61-23-7-9-25-63(61)67-29-15-17-33-71(67)79(73)49-59)57-37-35-51-45-75-77(47-53(51)43-57)76-46-52-36-38-58(44-54(52)48-78(75)76)82(56-21-5-2-6-22-56)60-40-42-74-70-32-14-12-28-66(70)62-24-8-10-26-64(62)68-30-16-18-34-72(68)80(74)50-60/h1-50H. The van der Waals surface area contributed by atoms with E-state index < -0.39 is 0 Å². The van der Waals surface area contributed by atoms with Crippen molar-refractivity contribution in [1.29, 1.82) is 0 Å². The molecule has 0 aromatic heterocycles. The van der Waals surface area contributed by atoms with E-state index in [4.69, 9.17) is 0 Å². The predicted molar refractivity (Wildman–Crippen MR) is 346 cm³/mol. The SMILES string of the molecule is c1ccc(N(c2ccc3c(c2)-c2ccccc2-c2ccccc2-c2ccccc2-3)c2ccc3cc4c(cc3c2)-c2cc3ccc(N(c5ccccc5)c5ccc6c(c5)-c5ccccc5-c5ccccc5-c5ccccc5-6)cc3cc2-4)cc1. The van der Waals surface area contributed by atoms with Gasteiger partial charge in [0.1, 0.15) is 0 Å². The Morgan fingerprint density at radius 3 is 0.622 bits per heavy atom. The van der Waals surface area contributed by atoms with E-state index in [-0.39, 0.29) is 0 Å². The number of fused-ring (bicyclic) bond motifs is 22. The lowest BCUT2D eigenvalue weighted by Gasteiger charge is -2.30. The van der Waals surface area contributed by atoms with Crippen LogP contribution < -0.4 is 9.80 Å². The molecule has 0 radical (unpaired) electrons. The Balaban J connectivity index is 0.753. The van der Waals surface area contributed by atoms with E-state index in [9.17, 15) is 0 Å². The van der Waals surface area contributed by atoms with Gasteiger partial charge >= 0.3 is 0 Å². The van der Waals surface area contributed by atoms with Gasteiger partial charge in [-0.05, 0) is 230 Å². The van der Waals surface area contributed by atoms with Gasteiger partial charge in [0, 0.05) is 34.1 Å². The Morgan fingerprint density at radius 2 is 0.329 bits per heavy atom. The summed E-state index contributed by atoms with van der Waals surface area (Å²) >= 11 is 0. The molecule has 2 nitrogen and oxygen atoms in total. The molecular weight excluding hydrogens is 989 g/mol.